The Morgan fingerprint density at radius 3 is 2.77 bits per heavy atom. The van der Waals surface area contributed by atoms with Gasteiger partial charge in [0.1, 0.15) is 0 Å². The molecular formula is C13H20. The summed E-state index contributed by atoms with van der Waals surface area (Å²) >= 11 is 0. The van der Waals surface area contributed by atoms with Gasteiger partial charge in [0.25, 0.3) is 0 Å². The number of allylic oxidation sites excluding steroid dienone is 5. The molecule has 0 aromatic rings. The molecule has 72 valence electrons. The fraction of sp³-hybridized carbons (Fsp3) is 0.462. The number of hydrogen-bond acceptors (Lipinski definition) is 0. The summed E-state index contributed by atoms with van der Waals surface area (Å²) in [7, 11) is 0. The van der Waals surface area contributed by atoms with Crippen molar-refractivity contribution in [1.29, 1.82) is 0 Å². The van der Waals surface area contributed by atoms with Crippen LogP contribution in [0.15, 0.2) is 42.2 Å². The average Bonchev–Trinajstić information content (AvgIpc) is 2.12. The lowest BCUT2D eigenvalue weighted by Gasteiger charge is -1.96. The molecule has 0 saturated carbocycles. The van der Waals surface area contributed by atoms with E-state index >= 15 is 0 Å². The minimum Gasteiger partial charge on any atom is -0.132 e. The monoisotopic (exact) mass is 176 g/mol. The largest absolute Gasteiger partial charge is 0.132 e. The van der Waals surface area contributed by atoms with Crippen LogP contribution in [0, 0.1) is 5.92 Å². The summed E-state index contributed by atoms with van der Waals surface area (Å²) in [5.41, 5.74) is 4.13. The Labute approximate surface area is 82.4 Å². The minimum atomic E-state index is 0.433. The van der Waals surface area contributed by atoms with Gasteiger partial charge in [0, 0.05) is 0 Å². The van der Waals surface area contributed by atoms with Gasteiger partial charge in [-0.15, -0.1) is 5.73 Å². The van der Waals surface area contributed by atoms with Crippen LogP contribution < -0.4 is 0 Å². The molecule has 0 bridgehead atoms. The summed E-state index contributed by atoms with van der Waals surface area (Å²) < 4.78 is 0. The fourth-order valence-electron chi connectivity index (χ4n) is 0.985. The molecular weight excluding hydrogens is 156 g/mol. The lowest BCUT2D eigenvalue weighted by molar-refractivity contribution is 0.935. The summed E-state index contributed by atoms with van der Waals surface area (Å²) in [6.45, 7) is 10.0. The Kier molecular flexibility index (Phi) is 7.05. The molecule has 0 heterocycles. The highest BCUT2D eigenvalue weighted by molar-refractivity contribution is 5.17. The van der Waals surface area contributed by atoms with Crippen LogP contribution in [-0.2, 0) is 0 Å². The summed E-state index contributed by atoms with van der Waals surface area (Å²) in [5.74, 6) is 0.433. The first-order valence-corrected chi connectivity index (χ1v) is 4.91. The van der Waals surface area contributed by atoms with Crippen molar-refractivity contribution in [2.75, 3.05) is 0 Å². The van der Waals surface area contributed by atoms with E-state index in [9.17, 15) is 0 Å². The molecule has 0 aliphatic rings. The topological polar surface area (TPSA) is 0 Å². The van der Waals surface area contributed by atoms with Gasteiger partial charge in [-0.3, -0.25) is 0 Å². The van der Waals surface area contributed by atoms with Gasteiger partial charge in [-0.2, -0.15) is 0 Å². The van der Waals surface area contributed by atoms with E-state index in [0.717, 1.165) is 0 Å². The fourth-order valence-corrected chi connectivity index (χ4v) is 0.985. The molecule has 1 unspecified atom stereocenters. The average molecular weight is 176 g/mol. The molecule has 0 nitrogen and oxygen atoms in total. The first kappa shape index (κ1) is 12.0. The van der Waals surface area contributed by atoms with E-state index in [2.05, 4.69) is 51.3 Å². The van der Waals surface area contributed by atoms with Crippen LogP contribution in [-0.4, -0.2) is 0 Å². The van der Waals surface area contributed by atoms with Crippen LogP contribution in [0.2, 0.25) is 0 Å². The molecule has 0 aliphatic carbocycles. The third-order valence-electron chi connectivity index (χ3n) is 1.80. The Hall–Kier alpha value is -1.00. The van der Waals surface area contributed by atoms with Crippen molar-refractivity contribution in [2.24, 2.45) is 5.92 Å². The molecule has 1 atom stereocenters. The molecule has 0 saturated heterocycles. The normalized spacial score (nSPS) is 14.2. The molecule has 0 N–H and O–H groups in total. The molecule has 0 aliphatic heterocycles. The van der Waals surface area contributed by atoms with Crippen LogP contribution in [0.25, 0.3) is 0 Å². The smallest absolute Gasteiger partial charge is 0.000293 e. The molecule has 0 amide bonds. The predicted molar refractivity (Wildman–Crippen MR) is 60.7 cm³/mol. The van der Waals surface area contributed by atoms with Gasteiger partial charge in [0.2, 0.25) is 0 Å². The number of hydrogen-bond donors (Lipinski definition) is 0. The van der Waals surface area contributed by atoms with Crippen molar-refractivity contribution >= 4 is 0 Å². The maximum absolute atomic E-state index is 3.55. The van der Waals surface area contributed by atoms with Crippen molar-refractivity contribution < 1.29 is 0 Å². The highest BCUT2D eigenvalue weighted by Gasteiger charge is 1.87. The van der Waals surface area contributed by atoms with Gasteiger partial charge in [-0.1, -0.05) is 50.6 Å². The quantitative estimate of drug-likeness (QED) is 0.433. The summed E-state index contributed by atoms with van der Waals surface area (Å²) in [6.07, 6.45) is 10.9. The molecule has 0 aromatic heterocycles. The molecule has 0 rings (SSSR count). The van der Waals surface area contributed by atoms with Crippen LogP contribution in [0.1, 0.15) is 33.6 Å². The second kappa shape index (κ2) is 7.64. The van der Waals surface area contributed by atoms with Crippen molar-refractivity contribution in [2.45, 2.75) is 33.6 Å². The van der Waals surface area contributed by atoms with Gasteiger partial charge in [-0.05, 0) is 25.3 Å². The predicted octanol–water partition coefficient (Wildman–Crippen LogP) is 4.27. The van der Waals surface area contributed by atoms with E-state index in [1.807, 2.05) is 6.08 Å². The maximum Gasteiger partial charge on any atom is -0.000293 e. The SMILES string of the molecule is C=C=CC(C)C=CC(C)=CCCC. The molecule has 0 heteroatoms. The van der Waals surface area contributed by atoms with Crippen molar-refractivity contribution in [3.8, 4) is 0 Å². The van der Waals surface area contributed by atoms with E-state index in [4.69, 9.17) is 0 Å². The summed E-state index contributed by atoms with van der Waals surface area (Å²) in [6, 6.07) is 0. The first-order chi connectivity index (χ1) is 6.20. The van der Waals surface area contributed by atoms with Gasteiger partial charge in [0.05, 0.1) is 0 Å². The zero-order valence-corrected chi connectivity index (χ0v) is 9.01. The highest BCUT2D eigenvalue weighted by atomic mass is 13.9. The zero-order valence-electron chi connectivity index (χ0n) is 9.01. The molecule has 0 radical (unpaired) electrons. The van der Waals surface area contributed by atoms with E-state index in [-0.39, 0.29) is 0 Å². The van der Waals surface area contributed by atoms with E-state index in [1.54, 1.807) is 0 Å². The Morgan fingerprint density at radius 1 is 1.54 bits per heavy atom. The maximum atomic E-state index is 3.55. The molecule has 0 spiro atoms. The molecule has 13 heavy (non-hydrogen) atoms. The van der Waals surface area contributed by atoms with Gasteiger partial charge >= 0.3 is 0 Å². The van der Waals surface area contributed by atoms with Crippen LogP contribution in [0.4, 0.5) is 0 Å². The zero-order chi connectivity index (χ0) is 10.1. The van der Waals surface area contributed by atoms with Crippen LogP contribution >= 0.6 is 0 Å². The van der Waals surface area contributed by atoms with E-state index < -0.39 is 0 Å². The highest BCUT2D eigenvalue weighted by Crippen LogP contribution is 2.04. The summed E-state index contributed by atoms with van der Waals surface area (Å²) in [4.78, 5) is 0. The number of rotatable bonds is 5. The third kappa shape index (κ3) is 7.36. The second-order valence-electron chi connectivity index (χ2n) is 3.33. The Morgan fingerprint density at radius 2 is 2.23 bits per heavy atom. The van der Waals surface area contributed by atoms with E-state index in [0.29, 0.717) is 5.92 Å². The van der Waals surface area contributed by atoms with Crippen molar-refractivity contribution in [1.82, 2.24) is 0 Å². The lowest BCUT2D eigenvalue weighted by atomic mass is 10.1. The summed E-state index contributed by atoms with van der Waals surface area (Å²) in [5, 5.41) is 0. The van der Waals surface area contributed by atoms with Crippen LogP contribution in [0.5, 0.6) is 0 Å². The third-order valence-corrected chi connectivity index (χ3v) is 1.80. The molecule has 0 fully saturated rings. The Balaban J connectivity index is 4.02. The van der Waals surface area contributed by atoms with E-state index in [1.165, 1.54) is 18.4 Å². The van der Waals surface area contributed by atoms with Crippen molar-refractivity contribution in [3.63, 3.8) is 0 Å². The lowest BCUT2D eigenvalue weighted by Crippen LogP contribution is -1.80. The van der Waals surface area contributed by atoms with Gasteiger partial charge < -0.3 is 0 Å². The minimum absolute atomic E-state index is 0.433. The first-order valence-electron chi connectivity index (χ1n) is 4.91. The van der Waals surface area contributed by atoms with Crippen molar-refractivity contribution in [3.05, 3.63) is 42.2 Å². The Bertz CT molecular complexity index is 224. The second-order valence-corrected chi connectivity index (χ2v) is 3.33. The number of unbranched alkanes of at least 4 members (excludes halogenated alkanes) is 1. The van der Waals surface area contributed by atoms with Crippen LogP contribution in [0.3, 0.4) is 0 Å². The standard InChI is InChI=1S/C13H20/c1-5-7-9-13(4)11-10-12(3)8-6-2/h8-12H,2,5,7H2,1,3-4H3. The van der Waals surface area contributed by atoms with Gasteiger partial charge in [0.15, 0.2) is 0 Å². The molecule has 0 aromatic carbocycles. The van der Waals surface area contributed by atoms with Gasteiger partial charge in [-0.25, -0.2) is 0 Å².